The number of nitrogens with zero attached hydrogens (tertiary/aromatic N) is 1. The van der Waals surface area contributed by atoms with Crippen LogP contribution in [0.5, 0.6) is 0 Å². The van der Waals surface area contributed by atoms with E-state index in [0.29, 0.717) is 0 Å². The van der Waals surface area contributed by atoms with Crippen LogP contribution in [-0.2, 0) is 10.3 Å². The molecule has 0 saturated carbocycles. The Labute approximate surface area is 45.9 Å². The molecule has 0 aromatic rings. The summed E-state index contributed by atoms with van der Waals surface area (Å²) in [4.78, 5) is 8.41. The summed E-state index contributed by atoms with van der Waals surface area (Å²) in [5, 5.41) is 10.8. The van der Waals surface area contributed by atoms with Crippen LogP contribution in [0, 0.1) is 10.1 Å². The molecule has 0 fully saturated rings. The molecule has 0 N–H and O–H groups in total. The van der Waals surface area contributed by atoms with Crippen molar-refractivity contribution in [3.05, 3.63) is 16.3 Å². The Hall–Kier alpha value is -1.13. The molecule has 5 nitrogen and oxygen atoms in total. The van der Waals surface area contributed by atoms with Crippen LogP contribution in [0.25, 0.3) is 0 Å². The second-order valence-electron chi connectivity index (χ2n) is 0.767. The SMILES string of the molecule is O=[N+]([O-])C=C=S(=O)=O. The van der Waals surface area contributed by atoms with Crippen molar-refractivity contribution in [1.29, 1.82) is 0 Å². The van der Waals surface area contributed by atoms with Crippen molar-refractivity contribution in [2.75, 3.05) is 0 Å². The summed E-state index contributed by atoms with van der Waals surface area (Å²) in [6.45, 7) is 0. The van der Waals surface area contributed by atoms with Gasteiger partial charge < -0.3 is 0 Å². The lowest BCUT2D eigenvalue weighted by atomic mass is 11.1. The van der Waals surface area contributed by atoms with E-state index < -0.39 is 15.2 Å². The topological polar surface area (TPSA) is 77.3 Å². The van der Waals surface area contributed by atoms with E-state index >= 15 is 0 Å². The Balaban J connectivity index is 4.52. The summed E-state index contributed by atoms with van der Waals surface area (Å²) in [6, 6.07) is 0. The van der Waals surface area contributed by atoms with Gasteiger partial charge in [0.25, 0.3) is 16.5 Å². The lowest BCUT2D eigenvalue weighted by molar-refractivity contribution is -0.399. The lowest BCUT2D eigenvalue weighted by Crippen LogP contribution is -1.81. The molecule has 6 heteroatoms. The van der Waals surface area contributed by atoms with Crippen LogP contribution in [-0.4, -0.2) is 18.4 Å². The Kier molecular flexibility index (Phi) is 2.53. The van der Waals surface area contributed by atoms with Gasteiger partial charge in [0.2, 0.25) is 0 Å². The average molecular weight is 135 g/mol. The monoisotopic (exact) mass is 135 g/mol. The van der Waals surface area contributed by atoms with Crippen LogP contribution >= 0.6 is 0 Å². The van der Waals surface area contributed by atoms with E-state index in [0.717, 1.165) is 0 Å². The van der Waals surface area contributed by atoms with Gasteiger partial charge in [0, 0.05) is 0 Å². The molecule has 0 rings (SSSR count). The van der Waals surface area contributed by atoms with Gasteiger partial charge in [-0.2, -0.15) is 8.42 Å². The molecule has 0 amide bonds. The zero-order valence-corrected chi connectivity index (χ0v) is 4.38. The first kappa shape index (κ1) is 6.87. The third-order valence-corrected chi connectivity index (χ3v) is 0.552. The predicted octanol–water partition coefficient (Wildman–Crippen LogP) is -0.943. The maximum Gasteiger partial charge on any atom is 0.292 e. The first-order valence-electron chi connectivity index (χ1n) is 1.45. The fraction of sp³-hybridized carbons (Fsp3) is 0. The molecule has 0 aliphatic heterocycles. The largest absolute Gasteiger partial charge is 0.292 e. The maximum absolute atomic E-state index is 9.46. The Morgan fingerprint density at radius 3 is 2.25 bits per heavy atom. The molecule has 8 heavy (non-hydrogen) atoms. The Morgan fingerprint density at radius 2 is 2.12 bits per heavy atom. The molecule has 0 atom stereocenters. The fourth-order valence-corrected chi connectivity index (χ4v) is 0.258. The van der Waals surface area contributed by atoms with Gasteiger partial charge in [0.15, 0.2) is 0 Å². The van der Waals surface area contributed by atoms with Crippen molar-refractivity contribution in [1.82, 2.24) is 0 Å². The first-order chi connectivity index (χ1) is 3.63. The molecule has 0 aromatic carbocycles. The highest BCUT2D eigenvalue weighted by Gasteiger charge is 1.77. The number of hydrogen-bond acceptors (Lipinski definition) is 4. The van der Waals surface area contributed by atoms with Gasteiger partial charge in [-0.05, 0) is 0 Å². The third kappa shape index (κ3) is 4.87. The number of hydrogen-bond donors (Lipinski definition) is 0. The van der Waals surface area contributed by atoms with Crippen LogP contribution in [0.15, 0.2) is 6.20 Å². The number of rotatable bonds is 1. The van der Waals surface area contributed by atoms with E-state index in [1.807, 2.05) is 0 Å². The molecular weight excluding hydrogens is 134 g/mol. The second-order valence-corrected chi connectivity index (χ2v) is 1.47. The van der Waals surface area contributed by atoms with Crippen LogP contribution in [0.3, 0.4) is 0 Å². The van der Waals surface area contributed by atoms with Crippen molar-refractivity contribution in [2.24, 2.45) is 0 Å². The fourth-order valence-electron chi connectivity index (χ4n) is 0.0861. The minimum atomic E-state index is -2.58. The standard InChI is InChI=1S/C2HNO4S/c4-3(5)1-2-8(6)7/h1H. The van der Waals surface area contributed by atoms with Crippen LogP contribution < -0.4 is 0 Å². The first-order valence-corrected chi connectivity index (χ1v) is 2.52. The normalized spacial score (nSPS) is 7.00. The Bertz CT molecular complexity index is 235. The molecule has 0 spiro atoms. The molecule has 0 heterocycles. The van der Waals surface area contributed by atoms with E-state index in [1.165, 1.54) is 5.02 Å². The average Bonchev–Trinajstić information content (AvgIpc) is 1.61. The van der Waals surface area contributed by atoms with E-state index in [9.17, 15) is 18.5 Å². The van der Waals surface area contributed by atoms with Gasteiger partial charge >= 0.3 is 0 Å². The quantitative estimate of drug-likeness (QED) is 0.264. The minimum Gasteiger partial charge on any atom is -0.258 e. The molecule has 0 radical (unpaired) electrons. The Morgan fingerprint density at radius 1 is 1.62 bits per heavy atom. The lowest BCUT2D eigenvalue weighted by Gasteiger charge is -1.65. The molecule has 0 aliphatic rings. The molecule has 0 saturated heterocycles. The number of nitro groups is 1. The summed E-state index contributed by atoms with van der Waals surface area (Å²) in [5.74, 6) is 0. The van der Waals surface area contributed by atoms with Crippen molar-refractivity contribution in [3.8, 4) is 0 Å². The third-order valence-electron chi connectivity index (χ3n) is 0.254. The van der Waals surface area contributed by atoms with Crippen molar-refractivity contribution < 1.29 is 13.3 Å². The molecular formula is C2HNO4S. The minimum absolute atomic E-state index is 0.225. The van der Waals surface area contributed by atoms with Gasteiger partial charge in [-0.25, -0.2) is 0 Å². The van der Waals surface area contributed by atoms with Gasteiger partial charge in [-0.15, -0.1) is 0 Å². The summed E-state index contributed by atoms with van der Waals surface area (Å²) in [6.07, 6.45) is 0.225. The smallest absolute Gasteiger partial charge is 0.258 e. The van der Waals surface area contributed by atoms with Gasteiger partial charge in [-0.1, -0.05) is 0 Å². The molecule has 0 aromatic heterocycles. The molecule has 0 unspecified atom stereocenters. The predicted molar refractivity (Wildman–Crippen MR) is 25.5 cm³/mol. The van der Waals surface area contributed by atoms with E-state index in [2.05, 4.69) is 0 Å². The highest BCUT2D eigenvalue weighted by atomic mass is 32.2. The molecule has 0 aliphatic carbocycles. The van der Waals surface area contributed by atoms with Crippen molar-refractivity contribution in [3.63, 3.8) is 0 Å². The van der Waals surface area contributed by atoms with Crippen molar-refractivity contribution in [2.45, 2.75) is 0 Å². The highest BCUT2D eigenvalue weighted by Crippen LogP contribution is 1.58. The second kappa shape index (κ2) is 2.95. The van der Waals surface area contributed by atoms with E-state index in [4.69, 9.17) is 0 Å². The van der Waals surface area contributed by atoms with Gasteiger partial charge in [-0.3, -0.25) is 10.1 Å². The maximum atomic E-state index is 9.46. The van der Waals surface area contributed by atoms with Crippen LogP contribution in [0.1, 0.15) is 0 Å². The zero-order valence-electron chi connectivity index (χ0n) is 3.57. The summed E-state index contributed by atoms with van der Waals surface area (Å²) in [5.41, 5.74) is 0. The van der Waals surface area contributed by atoms with Gasteiger partial charge in [0.05, 0.1) is 9.95 Å². The molecule has 44 valence electrons. The van der Waals surface area contributed by atoms with Crippen molar-refractivity contribution >= 4 is 15.3 Å². The molecule has 0 bridgehead atoms. The van der Waals surface area contributed by atoms with E-state index in [1.54, 1.807) is 0 Å². The zero-order chi connectivity index (χ0) is 6.57. The van der Waals surface area contributed by atoms with Crippen LogP contribution in [0.2, 0.25) is 0 Å². The summed E-state index contributed by atoms with van der Waals surface area (Å²) >= 11 is 0. The summed E-state index contributed by atoms with van der Waals surface area (Å²) in [7, 11) is -2.58. The van der Waals surface area contributed by atoms with Gasteiger partial charge in [0.1, 0.15) is 0 Å². The summed E-state index contributed by atoms with van der Waals surface area (Å²) < 4.78 is 18.9. The highest BCUT2D eigenvalue weighted by molar-refractivity contribution is 7.70. The van der Waals surface area contributed by atoms with Crippen LogP contribution in [0.4, 0.5) is 0 Å². The van der Waals surface area contributed by atoms with E-state index in [-0.39, 0.29) is 6.20 Å².